The molecule has 7 nitrogen and oxygen atoms in total. The first-order valence-electron chi connectivity index (χ1n) is 11.6. The number of amides is 1. The Labute approximate surface area is 186 Å². The van der Waals surface area contributed by atoms with Gasteiger partial charge in [-0.1, -0.05) is 29.8 Å². The van der Waals surface area contributed by atoms with Crippen LogP contribution in [0.1, 0.15) is 36.8 Å². The molecule has 0 radical (unpaired) electrons. The fraction of sp³-hybridized carbons (Fsp3) is 0.696. The van der Waals surface area contributed by atoms with Crippen LogP contribution in [0, 0.1) is 12.8 Å². The van der Waals surface area contributed by atoms with Crippen molar-refractivity contribution in [3.8, 4) is 0 Å². The molecule has 31 heavy (non-hydrogen) atoms. The Hall–Kier alpha value is -1.48. The molecular formula is C23H35N3O4S. The van der Waals surface area contributed by atoms with Crippen LogP contribution in [0.15, 0.2) is 24.3 Å². The number of aryl methyl sites for hydroxylation is 2. The number of sulfonamides is 1. The highest BCUT2D eigenvalue weighted by molar-refractivity contribution is 7.89. The van der Waals surface area contributed by atoms with Gasteiger partial charge in [-0.15, -0.1) is 0 Å². The van der Waals surface area contributed by atoms with Crippen LogP contribution in [0.2, 0.25) is 0 Å². The molecule has 0 aliphatic carbocycles. The second-order valence-corrected chi connectivity index (χ2v) is 11.4. The van der Waals surface area contributed by atoms with E-state index in [-0.39, 0.29) is 11.9 Å². The van der Waals surface area contributed by atoms with Crippen molar-refractivity contribution in [1.29, 1.82) is 0 Å². The van der Waals surface area contributed by atoms with Crippen molar-refractivity contribution in [2.45, 2.75) is 50.3 Å². The smallest absolute Gasteiger partial charge is 0.239 e. The topological polar surface area (TPSA) is 79.0 Å². The van der Waals surface area contributed by atoms with E-state index in [0.717, 1.165) is 38.8 Å². The van der Waals surface area contributed by atoms with E-state index in [9.17, 15) is 13.2 Å². The van der Waals surface area contributed by atoms with Gasteiger partial charge in [0.25, 0.3) is 0 Å². The van der Waals surface area contributed by atoms with Crippen molar-refractivity contribution in [2.24, 2.45) is 5.92 Å². The normalized spacial score (nSPS) is 26.3. The molecule has 0 bridgehead atoms. The van der Waals surface area contributed by atoms with E-state index >= 15 is 0 Å². The molecule has 1 N–H and O–H groups in total. The van der Waals surface area contributed by atoms with Gasteiger partial charge in [-0.25, -0.2) is 8.42 Å². The van der Waals surface area contributed by atoms with E-state index in [1.54, 1.807) is 0 Å². The standard InChI is InChI=1S/C23H35N3O4S/c1-18-2-4-19(5-3-18)6-7-20-8-10-25(11-9-20)23(27)22-16-21(17-24-22)31(28,29)26-12-14-30-15-13-26/h2-5,20-22,24H,6-17H2,1H3. The van der Waals surface area contributed by atoms with E-state index < -0.39 is 15.3 Å². The molecule has 1 aromatic carbocycles. The summed E-state index contributed by atoms with van der Waals surface area (Å²) in [6, 6.07) is 8.36. The Morgan fingerprint density at radius 1 is 1.10 bits per heavy atom. The molecule has 3 aliphatic heterocycles. The Morgan fingerprint density at radius 2 is 1.77 bits per heavy atom. The number of hydrogen-bond acceptors (Lipinski definition) is 5. The number of rotatable bonds is 6. The molecule has 8 heteroatoms. The largest absolute Gasteiger partial charge is 0.379 e. The van der Waals surface area contributed by atoms with E-state index in [2.05, 4.69) is 36.5 Å². The second-order valence-electron chi connectivity index (χ2n) is 9.17. The number of carbonyl (C=O) groups excluding carboxylic acids is 1. The van der Waals surface area contributed by atoms with Crippen LogP contribution in [0.4, 0.5) is 0 Å². The summed E-state index contributed by atoms with van der Waals surface area (Å²) >= 11 is 0. The SMILES string of the molecule is Cc1ccc(CCC2CCN(C(=O)C3CC(S(=O)(=O)N4CCOCC4)CN3)CC2)cc1. The van der Waals surface area contributed by atoms with Crippen LogP contribution in [0.25, 0.3) is 0 Å². The summed E-state index contributed by atoms with van der Waals surface area (Å²) in [6.45, 7) is 5.72. The predicted molar refractivity (Wildman–Crippen MR) is 120 cm³/mol. The number of likely N-dealkylation sites (tertiary alicyclic amines) is 1. The average Bonchev–Trinajstić information content (AvgIpc) is 3.30. The van der Waals surface area contributed by atoms with Crippen molar-refractivity contribution in [3.63, 3.8) is 0 Å². The van der Waals surface area contributed by atoms with Gasteiger partial charge in [0.1, 0.15) is 0 Å². The number of hydrogen-bond donors (Lipinski definition) is 1. The zero-order valence-electron chi connectivity index (χ0n) is 18.5. The van der Waals surface area contributed by atoms with Gasteiger partial charge in [0.05, 0.1) is 24.5 Å². The highest BCUT2D eigenvalue weighted by Gasteiger charge is 2.42. The molecule has 3 fully saturated rings. The van der Waals surface area contributed by atoms with E-state index in [1.165, 1.54) is 15.4 Å². The molecule has 4 rings (SSSR count). The molecule has 1 aromatic rings. The molecule has 0 saturated carbocycles. The monoisotopic (exact) mass is 449 g/mol. The Balaban J connectivity index is 1.23. The Bertz CT molecular complexity index is 844. The number of carbonyl (C=O) groups is 1. The number of nitrogens with zero attached hydrogens (tertiary/aromatic N) is 2. The maximum Gasteiger partial charge on any atom is 0.239 e. The summed E-state index contributed by atoms with van der Waals surface area (Å²) in [5, 5.41) is 2.66. The highest BCUT2D eigenvalue weighted by Crippen LogP contribution is 2.25. The number of benzene rings is 1. The summed E-state index contributed by atoms with van der Waals surface area (Å²) in [5.41, 5.74) is 2.67. The zero-order chi connectivity index (χ0) is 21.8. The van der Waals surface area contributed by atoms with Gasteiger partial charge in [-0.05, 0) is 50.5 Å². The van der Waals surface area contributed by atoms with Gasteiger partial charge in [0.2, 0.25) is 15.9 Å². The van der Waals surface area contributed by atoms with Gasteiger partial charge >= 0.3 is 0 Å². The fourth-order valence-electron chi connectivity index (χ4n) is 4.92. The van der Waals surface area contributed by atoms with Crippen LogP contribution in [-0.4, -0.2) is 80.8 Å². The van der Waals surface area contributed by atoms with E-state index in [4.69, 9.17) is 4.74 Å². The summed E-state index contributed by atoms with van der Waals surface area (Å²) < 4.78 is 32.6. The van der Waals surface area contributed by atoms with Crippen molar-refractivity contribution in [1.82, 2.24) is 14.5 Å². The Morgan fingerprint density at radius 3 is 2.45 bits per heavy atom. The van der Waals surface area contributed by atoms with E-state index in [0.29, 0.717) is 45.2 Å². The zero-order valence-corrected chi connectivity index (χ0v) is 19.3. The molecule has 0 aromatic heterocycles. The van der Waals surface area contributed by atoms with Gasteiger partial charge in [-0.2, -0.15) is 4.31 Å². The lowest BCUT2D eigenvalue weighted by molar-refractivity contribution is -0.134. The molecule has 2 unspecified atom stereocenters. The number of piperidine rings is 1. The van der Waals surface area contributed by atoms with Crippen LogP contribution in [-0.2, 0) is 26.0 Å². The first-order valence-corrected chi connectivity index (χ1v) is 13.1. The molecular weight excluding hydrogens is 414 g/mol. The number of ether oxygens (including phenoxy) is 1. The lowest BCUT2D eigenvalue weighted by atomic mass is 9.90. The van der Waals surface area contributed by atoms with Crippen molar-refractivity contribution in [2.75, 3.05) is 45.9 Å². The highest BCUT2D eigenvalue weighted by atomic mass is 32.2. The van der Waals surface area contributed by atoms with Crippen molar-refractivity contribution < 1.29 is 17.9 Å². The van der Waals surface area contributed by atoms with E-state index in [1.807, 2.05) is 4.90 Å². The molecule has 3 saturated heterocycles. The summed E-state index contributed by atoms with van der Waals surface area (Å²) in [4.78, 5) is 14.9. The minimum atomic E-state index is -3.38. The third kappa shape index (κ3) is 5.48. The maximum absolute atomic E-state index is 13.0. The van der Waals surface area contributed by atoms with Gasteiger partial charge in [-0.3, -0.25) is 4.79 Å². The minimum absolute atomic E-state index is 0.0664. The summed E-state index contributed by atoms with van der Waals surface area (Å²) in [6.07, 6.45) is 4.67. The van der Waals surface area contributed by atoms with Crippen LogP contribution in [0.3, 0.4) is 0 Å². The quantitative estimate of drug-likeness (QED) is 0.713. The van der Waals surface area contributed by atoms with Gasteiger partial charge < -0.3 is 15.0 Å². The Kier molecular flexibility index (Phi) is 7.31. The van der Waals surface area contributed by atoms with Gasteiger partial charge in [0, 0.05) is 32.7 Å². The fourth-order valence-corrected chi connectivity index (χ4v) is 6.74. The third-order valence-corrected chi connectivity index (χ3v) is 9.31. The molecule has 1 amide bonds. The first kappa shape index (κ1) is 22.7. The molecule has 3 heterocycles. The summed E-state index contributed by atoms with van der Waals surface area (Å²) in [5.74, 6) is 0.716. The predicted octanol–water partition coefficient (Wildman–Crippen LogP) is 1.56. The van der Waals surface area contributed by atoms with Crippen LogP contribution < -0.4 is 5.32 Å². The molecule has 3 aliphatic rings. The van der Waals surface area contributed by atoms with Crippen molar-refractivity contribution in [3.05, 3.63) is 35.4 Å². The van der Waals surface area contributed by atoms with Gasteiger partial charge in [0.15, 0.2) is 0 Å². The maximum atomic E-state index is 13.0. The average molecular weight is 450 g/mol. The third-order valence-electron chi connectivity index (χ3n) is 7.03. The van der Waals surface area contributed by atoms with Crippen molar-refractivity contribution >= 4 is 15.9 Å². The number of nitrogens with one attached hydrogen (secondary N) is 1. The first-order chi connectivity index (χ1) is 14.9. The lowest BCUT2D eigenvalue weighted by Gasteiger charge is -2.33. The molecule has 2 atom stereocenters. The van der Waals surface area contributed by atoms with Crippen LogP contribution >= 0.6 is 0 Å². The molecule has 0 spiro atoms. The number of morpholine rings is 1. The van der Waals surface area contributed by atoms with Crippen LogP contribution in [0.5, 0.6) is 0 Å². The minimum Gasteiger partial charge on any atom is -0.379 e. The second kappa shape index (κ2) is 9.98. The summed E-state index contributed by atoms with van der Waals surface area (Å²) in [7, 11) is -3.38. The molecule has 172 valence electrons. The lowest BCUT2D eigenvalue weighted by Crippen LogP contribution is -2.47.